The monoisotopic (exact) mass is 273 g/mol. The molecule has 1 aromatic rings. The zero-order chi connectivity index (χ0) is 13.8. The molecule has 2 aliphatic heterocycles. The predicted molar refractivity (Wildman–Crippen MR) is 83.8 cm³/mol. The van der Waals surface area contributed by atoms with E-state index >= 15 is 0 Å². The van der Waals surface area contributed by atoms with Crippen molar-refractivity contribution in [2.24, 2.45) is 0 Å². The lowest BCUT2D eigenvalue weighted by atomic mass is 10.1. The number of hydrogen-bond donors (Lipinski definition) is 1. The van der Waals surface area contributed by atoms with Crippen molar-refractivity contribution >= 4 is 0 Å². The number of rotatable bonds is 5. The molecule has 0 spiro atoms. The second-order valence-corrected chi connectivity index (χ2v) is 6.30. The average molecular weight is 273 g/mol. The third-order valence-electron chi connectivity index (χ3n) is 4.81. The highest BCUT2D eigenvalue weighted by Crippen LogP contribution is 2.24. The molecule has 110 valence electrons. The Balaban J connectivity index is 1.40. The molecule has 2 unspecified atom stereocenters. The molecule has 0 saturated carbocycles. The first kappa shape index (κ1) is 14.1. The Morgan fingerprint density at radius 1 is 1.20 bits per heavy atom. The number of nitrogens with zero attached hydrogens (tertiary/aromatic N) is 2. The van der Waals surface area contributed by atoms with Crippen LogP contribution in [-0.4, -0.2) is 54.6 Å². The van der Waals surface area contributed by atoms with Gasteiger partial charge in [-0.15, -0.1) is 0 Å². The highest BCUT2D eigenvalue weighted by molar-refractivity contribution is 5.14. The van der Waals surface area contributed by atoms with Gasteiger partial charge in [-0.05, 0) is 31.9 Å². The fourth-order valence-corrected chi connectivity index (χ4v) is 3.61. The number of benzene rings is 1. The van der Waals surface area contributed by atoms with Gasteiger partial charge in [0, 0.05) is 44.8 Å². The maximum Gasteiger partial charge on any atom is 0.0224 e. The van der Waals surface area contributed by atoms with E-state index in [0.717, 1.165) is 19.1 Å². The second-order valence-electron chi connectivity index (χ2n) is 6.30. The van der Waals surface area contributed by atoms with Gasteiger partial charge in [-0.25, -0.2) is 0 Å². The molecular weight excluding hydrogens is 246 g/mol. The first-order valence-corrected chi connectivity index (χ1v) is 8.05. The summed E-state index contributed by atoms with van der Waals surface area (Å²) in [6, 6.07) is 12.2. The largest absolute Gasteiger partial charge is 0.311 e. The summed E-state index contributed by atoms with van der Waals surface area (Å²) < 4.78 is 0. The lowest BCUT2D eigenvalue weighted by Crippen LogP contribution is -2.55. The minimum Gasteiger partial charge on any atom is -0.311 e. The molecule has 0 bridgehead atoms. The van der Waals surface area contributed by atoms with Gasteiger partial charge in [-0.2, -0.15) is 0 Å². The standard InChI is InChI=1S/C17H27N3/c1-15-13-20-10-5-8-17(20)14-19(15)11-9-18-12-16-6-3-2-4-7-16/h2-4,6-7,15,17-18H,5,8-14H2,1H3. The summed E-state index contributed by atoms with van der Waals surface area (Å²) in [5.41, 5.74) is 1.38. The van der Waals surface area contributed by atoms with Crippen LogP contribution in [0.25, 0.3) is 0 Å². The molecule has 0 aliphatic carbocycles. The lowest BCUT2D eigenvalue weighted by molar-refractivity contribution is 0.0603. The van der Waals surface area contributed by atoms with Gasteiger partial charge >= 0.3 is 0 Å². The van der Waals surface area contributed by atoms with Gasteiger partial charge < -0.3 is 5.32 Å². The first-order valence-electron chi connectivity index (χ1n) is 8.05. The van der Waals surface area contributed by atoms with E-state index in [1.807, 2.05) is 0 Å². The van der Waals surface area contributed by atoms with E-state index in [1.54, 1.807) is 0 Å². The third-order valence-corrected chi connectivity index (χ3v) is 4.81. The predicted octanol–water partition coefficient (Wildman–Crippen LogP) is 1.94. The number of fused-ring (bicyclic) bond motifs is 1. The van der Waals surface area contributed by atoms with Crippen LogP contribution in [0.1, 0.15) is 25.3 Å². The van der Waals surface area contributed by atoms with Gasteiger partial charge in [0.15, 0.2) is 0 Å². The SMILES string of the molecule is CC1CN2CCCC2CN1CCNCc1ccccc1. The van der Waals surface area contributed by atoms with Crippen LogP contribution in [-0.2, 0) is 6.54 Å². The molecule has 2 fully saturated rings. The maximum atomic E-state index is 3.57. The molecule has 2 saturated heterocycles. The van der Waals surface area contributed by atoms with Crippen molar-refractivity contribution in [1.29, 1.82) is 0 Å². The van der Waals surface area contributed by atoms with E-state index in [1.165, 1.54) is 44.6 Å². The van der Waals surface area contributed by atoms with Crippen molar-refractivity contribution in [3.8, 4) is 0 Å². The molecule has 0 amide bonds. The van der Waals surface area contributed by atoms with Crippen LogP contribution in [0.3, 0.4) is 0 Å². The lowest BCUT2D eigenvalue weighted by Gasteiger charge is -2.42. The van der Waals surface area contributed by atoms with Crippen LogP contribution in [0.5, 0.6) is 0 Å². The molecule has 2 heterocycles. The number of nitrogens with one attached hydrogen (secondary N) is 1. The fraction of sp³-hybridized carbons (Fsp3) is 0.647. The van der Waals surface area contributed by atoms with Crippen LogP contribution in [0.2, 0.25) is 0 Å². The molecule has 2 atom stereocenters. The summed E-state index contributed by atoms with van der Waals surface area (Å²) in [5.74, 6) is 0. The smallest absolute Gasteiger partial charge is 0.0224 e. The Morgan fingerprint density at radius 2 is 2.05 bits per heavy atom. The van der Waals surface area contributed by atoms with E-state index < -0.39 is 0 Å². The molecule has 0 radical (unpaired) electrons. The van der Waals surface area contributed by atoms with Crippen molar-refractivity contribution in [2.75, 3.05) is 32.7 Å². The van der Waals surface area contributed by atoms with Crippen LogP contribution in [0, 0.1) is 0 Å². The van der Waals surface area contributed by atoms with Crippen molar-refractivity contribution < 1.29 is 0 Å². The molecule has 0 aromatic heterocycles. The molecule has 20 heavy (non-hydrogen) atoms. The summed E-state index contributed by atoms with van der Waals surface area (Å²) in [4.78, 5) is 5.36. The summed E-state index contributed by atoms with van der Waals surface area (Å²) in [5, 5.41) is 3.57. The minimum atomic E-state index is 0.711. The maximum absolute atomic E-state index is 3.57. The Kier molecular flexibility index (Phi) is 4.71. The summed E-state index contributed by atoms with van der Waals surface area (Å²) in [6.45, 7) is 9.50. The minimum absolute atomic E-state index is 0.711. The average Bonchev–Trinajstić information content (AvgIpc) is 2.91. The van der Waals surface area contributed by atoms with Crippen LogP contribution in [0.15, 0.2) is 30.3 Å². The molecular formula is C17H27N3. The highest BCUT2D eigenvalue weighted by atomic mass is 15.3. The van der Waals surface area contributed by atoms with Gasteiger partial charge in [-0.1, -0.05) is 30.3 Å². The quantitative estimate of drug-likeness (QED) is 0.827. The van der Waals surface area contributed by atoms with Crippen molar-refractivity contribution in [3.63, 3.8) is 0 Å². The van der Waals surface area contributed by atoms with Crippen molar-refractivity contribution in [1.82, 2.24) is 15.1 Å². The Hall–Kier alpha value is -0.900. The third kappa shape index (κ3) is 3.40. The number of hydrogen-bond acceptors (Lipinski definition) is 3. The fourth-order valence-electron chi connectivity index (χ4n) is 3.61. The van der Waals surface area contributed by atoms with Gasteiger partial charge in [0.2, 0.25) is 0 Å². The molecule has 3 heteroatoms. The first-order chi connectivity index (χ1) is 9.83. The van der Waals surface area contributed by atoms with E-state index in [4.69, 9.17) is 0 Å². The molecule has 1 N–H and O–H groups in total. The highest BCUT2D eigenvalue weighted by Gasteiger charge is 2.33. The van der Waals surface area contributed by atoms with Crippen LogP contribution >= 0.6 is 0 Å². The van der Waals surface area contributed by atoms with Gasteiger partial charge in [0.1, 0.15) is 0 Å². The second kappa shape index (κ2) is 6.70. The Morgan fingerprint density at radius 3 is 2.90 bits per heavy atom. The molecule has 3 rings (SSSR count). The summed E-state index contributed by atoms with van der Waals surface area (Å²) in [7, 11) is 0. The van der Waals surface area contributed by atoms with E-state index in [-0.39, 0.29) is 0 Å². The topological polar surface area (TPSA) is 18.5 Å². The molecule has 3 nitrogen and oxygen atoms in total. The Bertz CT molecular complexity index is 406. The van der Waals surface area contributed by atoms with E-state index in [9.17, 15) is 0 Å². The van der Waals surface area contributed by atoms with E-state index in [2.05, 4.69) is 52.4 Å². The van der Waals surface area contributed by atoms with Crippen LogP contribution < -0.4 is 5.32 Å². The normalized spacial score (nSPS) is 27.6. The van der Waals surface area contributed by atoms with Gasteiger partial charge in [-0.3, -0.25) is 9.80 Å². The van der Waals surface area contributed by atoms with Crippen molar-refractivity contribution in [2.45, 2.75) is 38.4 Å². The van der Waals surface area contributed by atoms with Gasteiger partial charge in [0.25, 0.3) is 0 Å². The Labute approximate surface area is 123 Å². The van der Waals surface area contributed by atoms with Crippen LogP contribution in [0.4, 0.5) is 0 Å². The van der Waals surface area contributed by atoms with E-state index in [0.29, 0.717) is 6.04 Å². The van der Waals surface area contributed by atoms with Crippen molar-refractivity contribution in [3.05, 3.63) is 35.9 Å². The molecule has 2 aliphatic rings. The molecule has 1 aromatic carbocycles. The summed E-state index contributed by atoms with van der Waals surface area (Å²) >= 11 is 0. The zero-order valence-electron chi connectivity index (χ0n) is 12.6. The van der Waals surface area contributed by atoms with Gasteiger partial charge in [0.05, 0.1) is 0 Å². The summed E-state index contributed by atoms with van der Waals surface area (Å²) in [6.07, 6.45) is 2.80. The zero-order valence-corrected chi connectivity index (χ0v) is 12.6. The number of piperazine rings is 1.